The lowest BCUT2D eigenvalue weighted by molar-refractivity contribution is -0.113. The van der Waals surface area contributed by atoms with Gasteiger partial charge in [0.25, 0.3) is 5.91 Å². The highest BCUT2D eigenvalue weighted by atomic mass is 16.5. The number of hydrogen-bond donors (Lipinski definition) is 4. The van der Waals surface area contributed by atoms with E-state index in [-0.39, 0.29) is 17.4 Å². The molecule has 3 rings (SSSR count). The lowest BCUT2D eigenvalue weighted by Gasteiger charge is -2.29. The molecule has 1 aliphatic rings. The summed E-state index contributed by atoms with van der Waals surface area (Å²) in [4.78, 5) is 25.1. The highest BCUT2D eigenvalue weighted by molar-refractivity contribution is 6.07. The lowest BCUT2D eigenvalue weighted by Crippen LogP contribution is -2.46. The Morgan fingerprint density at radius 2 is 1.89 bits per heavy atom. The van der Waals surface area contributed by atoms with Crippen LogP contribution in [0, 0.1) is 13.8 Å². The van der Waals surface area contributed by atoms with E-state index >= 15 is 0 Å². The summed E-state index contributed by atoms with van der Waals surface area (Å²) < 4.78 is 5.15. The predicted octanol–water partition coefficient (Wildman–Crippen LogP) is 3.28. The van der Waals surface area contributed by atoms with Gasteiger partial charge in [0.1, 0.15) is 0 Å². The van der Waals surface area contributed by atoms with E-state index < -0.39 is 12.1 Å². The smallest absolute Gasteiger partial charge is 0.319 e. The van der Waals surface area contributed by atoms with Gasteiger partial charge in [-0.2, -0.15) is 0 Å². The Morgan fingerprint density at radius 3 is 2.57 bits per heavy atom. The fourth-order valence-corrected chi connectivity index (χ4v) is 3.26. The van der Waals surface area contributed by atoms with Gasteiger partial charge in [-0.3, -0.25) is 4.79 Å². The maximum absolute atomic E-state index is 13.1. The number of carbonyl (C=O) groups is 2. The largest absolute Gasteiger partial charge is 0.504 e. The molecule has 0 saturated heterocycles. The van der Waals surface area contributed by atoms with E-state index in [1.165, 1.54) is 13.2 Å². The summed E-state index contributed by atoms with van der Waals surface area (Å²) in [6.07, 6.45) is 0. The van der Waals surface area contributed by atoms with Crippen molar-refractivity contribution >= 4 is 17.6 Å². The Morgan fingerprint density at radius 1 is 1.14 bits per heavy atom. The lowest BCUT2D eigenvalue weighted by atomic mass is 9.94. The third-order valence-corrected chi connectivity index (χ3v) is 4.68. The summed E-state index contributed by atoms with van der Waals surface area (Å²) in [6.45, 7) is 5.59. The van der Waals surface area contributed by atoms with Crippen LogP contribution in [0.15, 0.2) is 47.7 Å². The maximum Gasteiger partial charge on any atom is 0.319 e. The van der Waals surface area contributed by atoms with Gasteiger partial charge in [0.15, 0.2) is 11.5 Å². The molecule has 0 spiro atoms. The summed E-state index contributed by atoms with van der Waals surface area (Å²) in [5.74, 6) is -0.0837. The van der Waals surface area contributed by atoms with E-state index in [0.29, 0.717) is 22.5 Å². The van der Waals surface area contributed by atoms with Crippen molar-refractivity contribution < 1.29 is 19.4 Å². The number of phenols is 1. The van der Waals surface area contributed by atoms with Gasteiger partial charge in [0.05, 0.1) is 18.7 Å². The molecule has 1 heterocycles. The fraction of sp³-hybridized carbons (Fsp3) is 0.238. The number of benzene rings is 2. The molecule has 1 aliphatic heterocycles. The maximum atomic E-state index is 13.1. The normalized spacial score (nSPS) is 16.3. The van der Waals surface area contributed by atoms with Crippen LogP contribution >= 0.6 is 0 Å². The molecule has 7 nitrogen and oxygen atoms in total. The van der Waals surface area contributed by atoms with Gasteiger partial charge in [0.2, 0.25) is 0 Å². The molecule has 28 heavy (non-hydrogen) atoms. The third-order valence-electron chi connectivity index (χ3n) is 4.68. The van der Waals surface area contributed by atoms with E-state index in [1.807, 2.05) is 32.0 Å². The van der Waals surface area contributed by atoms with Crippen LogP contribution in [0.5, 0.6) is 11.5 Å². The minimum absolute atomic E-state index is 0.0199. The number of rotatable bonds is 4. The van der Waals surface area contributed by atoms with Gasteiger partial charge in [-0.25, -0.2) is 4.79 Å². The number of allylic oxidation sites excluding steroid dienone is 1. The molecular weight excluding hydrogens is 358 g/mol. The van der Waals surface area contributed by atoms with E-state index in [4.69, 9.17) is 4.74 Å². The number of ether oxygens (including phenoxy) is 1. The van der Waals surface area contributed by atoms with Crippen LogP contribution in [0.25, 0.3) is 0 Å². The first-order valence-electron chi connectivity index (χ1n) is 8.84. The number of carbonyl (C=O) groups excluding carboxylic acids is 2. The molecule has 2 aromatic rings. The first-order valence-corrected chi connectivity index (χ1v) is 8.84. The van der Waals surface area contributed by atoms with Crippen molar-refractivity contribution in [3.8, 4) is 11.5 Å². The summed E-state index contributed by atoms with van der Waals surface area (Å²) in [5, 5.41) is 18.2. The Labute approximate surface area is 163 Å². The van der Waals surface area contributed by atoms with Crippen LogP contribution < -0.4 is 20.7 Å². The Kier molecular flexibility index (Phi) is 5.26. The third kappa shape index (κ3) is 3.78. The van der Waals surface area contributed by atoms with Crippen molar-refractivity contribution in [3.63, 3.8) is 0 Å². The van der Waals surface area contributed by atoms with Gasteiger partial charge in [0, 0.05) is 11.4 Å². The Hall–Kier alpha value is -3.48. The quantitative estimate of drug-likeness (QED) is 0.653. The molecule has 0 aromatic heterocycles. The highest BCUT2D eigenvalue weighted by Crippen LogP contribution is 2.34. The second-order valence-corrected chi connectivity index (χ2v) is 6.77. The number of anilines is 1. The molecule has 2 aromatic carbocycles. The van der Waals surface area contributed by atoms with Crippen LogP contribution in [0.3, 0.4) is 0 Å². The molecule has 1 unspecified atom stereocenters. The number of methoxy groups -OCH3 is 1. The molecule has 0 aliphatic carbocycles. The fourth-order valence-electron chi connectivity index (χ4n) is 3.26. The minimum atomic E-state index is -0.686. The van der Waals surface area contributed by atoms with Crippen LogP contribution in [-0.4, -0.2) is 24.2 Å². The number of nitrogens with one attached hydrogen (secondary N) is 3. The standard InChI is InChI=1S/C21H23N3O4/c1-11-5-7-15(12(2)9-11)23-20(26)18-13(3)22-21(27)24-19(18)14-6-8-16(25)17(10-14)28-4/h5-10,19,25H,1-4H3,(H,23,26)(H2,22,24,27). The van der Waals surface area contributed by atoms with Gasteiger partial charge < -0.3 is 25.8 Å². The molecule has 0 radical (unpaired) electrons. The zero-order valence-electron chi connectivity index (χ0n) is 16.2. The number of aryl methyl sites for hydroxylation is 2. The van der Waals surface area contributed by atoms with E-state index in [0.717, 1.165) is 11.1 Å². The first kappa shape index (κ1) is 19.3. The number of aromatic hydroxyl groups is 1. The van der Waals surface area contributed by atoms with Crippen molar-refractivity contribution in [2.24, 2.45) is 0 Å². The van der Waals surface area contributed by atoms with E-state index in [1.54, 1.807) is 19.1 Å². The van der Waals surface area contributed by atoms with Gasteiger partial charge >= 0.3 is 6.03 Å². The molecule has 0 bridgehead atoms. The van der Waals surface area contributed by atoms with E-state index in [2.05, 4.69) is 16.0 Å². The van der Waals surface area contributed by atoms with Gasteiger partial charge in [-0.15, -0.1) is 0 Å². The summed E-state index contributed by atoms with van der Waals surface area (Å²) in [7, 11) is 1.44. The molecular formula is C21H23N3O4. The average molecular weight is 381 g/mol. The van der Waals surface area contributed by atoms with Crippen molar-refractivity contribution in [3.05, 3.63) is 64.4 Å². The number of amides is 3. The topological polar surface area (TPSA) is 99.7 Å². The second-order valence-electron chi connectivity index (χ2n) is 6.77. The number of hydrogen-bond acceptors (Lipinski definition) is 4. The summed E-state index contributed by atoms with van der Waals surface area (Å²) >= 11 is 0. The zero-order chi connectivity index (χ0) is 20.4. The summed E-state index contributed by atoms with van der Waals surface area (Å²) in [5.41, 5.74) is 4.22. The van der Waals surface area contributed by atoms with Crippen LogP contribution in [-0.2, 0) is 4.79 Å². The Bertz CT molecular complexity index is 982. The average Bonchev–Trinajstić information content (AvgIpc) is 2.63. The van der Waals surface area contributed by atoms with Crippen molar-refractivity contribution in [1.29, 1.82) is 0 Å². The summed E-state index contributed by atoms with van der Waals surface area (Å²) in [6, 6.07) is 9.39. The Balaban J connectivity index is 1.98. The van der Waals surface area contributed by atoms with E-state index in [9.17, 15) is 14.7 Å². The number of phenolic OH excluding ortho intramolecular Hbond substituents is 1. The predicted molar refractivity (Wildman–Crippen MR) is 106 cm³/mol. The number of urea groups is 1. The van der Waals surface area contributed by atoms with Gasteiger partial charge in [-0.05, 0) is 50.1 Å². The minimum Gasteiger partial charge on any atom is -0.504 e. The van der Waals surface area contributed by atoms with Crippen LogP contribution in [0.1, 0.15) is 29.7 Å². The molecule has 0 saturated carbocycles. The molecule has 1 atom stereocenters. The second kappa shape index (κ2) is 7.64. The zero-order valence-corrected chi connectivity index (χ0v) is 16.2. The SMILES string of the molecule is COc1cc(C2NC(=O)NC(C)=C2C(=O)Nc2ccc(C)cc2C)ccc1O. The van der Waals surface area contributed by atoms with Crippen LogP contribution in [0.2, 0.25) is 0 Å². The molecule has 0 fully saturated rings. The highest BCUT2D eigenvalue weighted by Gasteiger charge is 2.31. The molecule has 4 N–H and O–H groups in total. The van der Waals surface area contributed by atoms with Crippen molar-refractivity contribution in [2.75, 3.05) is 12.4 Å². The van der Waals surface area contributed by atoms with Crippen LogP contribution in [0.4, 0.5) is 10.5 Å². The molecule has 146 valence electrons. The van der Waals surface area contributed by atoms with Crippen molar-refractivity contribution in [1.82, 2.24) is 10.6 Å². The van der Waals surface area contributed by atoms with Gasteiger partial charge in [-0.1, -0.05) is 23.8 Å². The molecule has 7 heteroatoms. The first-order chi connectivity index (χ1) is 13.3. The van der Waals surface area contributed by atoms with Crippen molar-refractivity contribution in [2.45, 2.75) is 26.8 Å². The monoisotopic (exact) mass is 381 g/mol. The molecule has 3 amide bonds.